The van der Waals surface area contributed by atoms with Gasteiger partial charge in [-0.15, -0.1) is 0 Å². The first-order valence-corrected chi connectivity index (χ1v) is 7.48. The Morgan fingerprint density at radius 2 is 2.14 bits per heavy atom. The maximum absolute atomic E-state index is 12.7. The summed E-state index contributed by atoms with van der Waals surface area (Å²) in [7, 11) is 1.90. The first-order valence-electron chi connectivity index (χ1n) is 7.11. The van der Waals surface area contributed by atoms with E-state index in [0.717, 1.165) is 27.7 Å². The van der Waals surface area contributed by atoms with Crippen molar-refractivity contribution in [1.29, 1.82) is 0 Å². The summed E-state index contributed by atoms with van der Waals surface area (Å²) >= 11 is 6.08. The van der Waals surface area contributed by atoms with E-state index in [0.29, 0.717) is 23.8 Å². The van der Waals surface area contributed by atoms with Crippen LogP contribution in [0.25, 0.3) is 10.9 Å². The highest BCUT2D eigenvalue weighted by molar-refractivity contribution is 6.31. The lowest BCUT2D eigenvalue weighted by atomic mass is 10.2. The summed E-state index contributed by atoms with van der Waals surface area (Å²) in [5, 5.41) is 5.86. The number of rotatable bonds is 1. The van der Waals surface area contributed by atoms with Gasteiger partial charge in [0.05, 0.1) is 18.4 Å². The Balaban J connectivity index is 1.68. The first kappa shape index (κ1) is 13.4. The summed E-state index contributed by atoms with van der Waals surface area (Å²) in [6, 6.07) is 5.64. The van der Waals surface area contributed by atoms with Crippen LogP contribution in [0.3, 0.4) is 0 Å². The van der Waals surface area contributed by atoms with Gasteiger partial charge in [-0.3, -0.25) is 9.48 Å². The maximum atomic E-state index is 12.7. The summed E-state index contributed by atoms with van der Waals surface area (Å²) in [6.07, 6.45) is 1.83. The van der Waals surface area contributed by atoms with Gasteiger partial charge in [-0.2, -0.15) is 5.10 Å². The average Bonchev–Trinajstić information content (AvgIpc) is 3.14. The molecule has 3 aromatic rings. The van der Waals surface area contributed by atoms with Crippen molar-refractivity contribution in [1.82, 2.24) is 19.7 Å². The van der Waals surface area contributed by atoms with Crippen LogP contribution in [0.1, 0.15) is 27.3 Å². The number of carbonyl (C=O) groups is 1. The number of hydrogen-bond donors (Lipinski definition) is 1. The highest BCUT2D eigenvalue weighted by atomic mass is 35.5. The number of hydrogen-bond acceptors (Lipinski definition) is 2. The van der Waals surface area contributed by atoms with Gasteiger partial charge in [0.25, 0.3) is 5.91 Å². The van der Waals surface area contributed by atoms with E-state index in [4.69, 9.17) is 11.6 Å². The Morgan fingerprint density at radius 3 is 2.91 bits per heavy atom. The Hall–Kier alpha value is -2.27. The number of halogens is 1. The molecule has 0 saturated carbocycles. The highest BCUT2D eigenvalue weighted by Crippen LogP contribution is 2.27. The molecule has 0 spiro atoms. The molecule has 6 heteroatoms. The lowest BCUT2D eigenvalue weighted by molar-refractivity contribution is 0.0743. The Labute approximate surface area is 132 Å². The van der Waals surface area contributed by atoms with Gasteiger partial charge < -0.3 is 9.88 Å². The van der Waals surface area contributed by atoms with Crippen LogP contribution in [0.4, 0.5) is 0 Å². The number of H-pyrrole nitrogens is 1. The number of amides is 1. The second-order valence-electron chi connectivity index (χ2n) is 5.77. The minimum Gasteiger partial charge on any atom is -0.350 e. The summed E-state index contributed by atoms with van der Waals surface area (Å²) in [6.45, 7) is 3.19. The van der Waals surface area contributed by atoms with E-state index in [2.05, 4.69) is 10.1 Å². The quantitative estimate of drug-likeness (QED) is 0.750. The van der Waals surface area contributed by atoms with Crippen LogP contribution in [-0.4, -0.2) is 25.6 Å². The van der Waals surface area contributed by atoms with E-state index in [1.54, 1.807) is 0 Å². The van der Waals surface area contributed by atoms with Crippen molar-refractivity contribution in [2.75, 3.05) is 0 Å². The smallest absolute Gasteiger partial charge is 0.270 e. The van der Waals surface area contributed by atoms with E-state index in [9.17, 15) is 4.79 Å². The standard InChI is InChI=1S/C16H15ClN4O/c1-9-3-12(17)4-10-5-13(19-15(9)10)16(22)21-7-11-6-18-20(2)14(11)8-21/h3-6,19H,7-8H2,1-2H3. The van der Waals surface area contributed by atoms with Crippen molar-refractivity contribution in [2.24, 2.45) is 7.05 Å². The Morgan fingerprint density at radius 1 is 1.32 bits per heavy atom. The van der Waals surface area contributed by atoms with Crippen LogP contribution >= 0.6 is 11.6 Å². The van der Waals surface area contributed by atoms with Gasteiger partial charge in [-0.1, -0.05) is 11.6 Å². The molecule has 112 valence electrons. The number of carbonyl (C=O) groups excluding carboxylic acids is 1. The highest BCUT2D eigenvalue weighted by Gasteiger charge is 2.28. The molecule has 0 bridgehead atoms. The van der Waals surface area contributed by atoms with Crippen LogP contribution in [-0.2, 0) is 20.1 Å². The predicted octanol–water partition coefficient (Wildman–Crippen LogP) is 3.02. The number of aromatic nitrogens is 3. The van der Waals surface area contributed by atoms with Crippen molar-refractivity contribution in [3.63, 3.8) is 0 Å². The fourth-order valence-corrected chi connectivity index (χ4v) is 3.38. The van der Waals surface area contributed by atoms with Gasteiger partial charge in [0.1, 0.15) is 5.69 Å². The van der Waals surface area contributed by atoms with Crippen molar-refractivity contribution in [3.8, 4) is 0 Å². The van der Waals surface area contributed by atoms with Crippen LogP contribution in [0, 0.1) is 6.92 Å². The second-order valence-corrected chi connectivity index (χ2v) is 6.21. The summed E-state index contributed by atoms with van der Waals surface area (Å²) in [4.78, 5) is 17.8. The van der Waals surface area contributed by atoms with E-state index in [1.807, 2.05) is 47.9 Å². The summed E-state index contributed by atoms with van der Waals surface area (Å²) < 4.78 is 1.83. The molecule has 1 aromatic carbocycles. The predicted molar refractivity (Wildman–Crippen MR) is 84.8 cm³/mol. The number of benzene rings is 1. The van der Waals surface area contributed by atoms with E-state index in [1.165, 1.54) is 0 Å². The van der Waals surface area contributed by atoms with E-state index < -0.39 is 0 Å². The largest absolute Gasteiger partial charge is 0.350 e. The van der Waals surface area contributed by atoms with Crippen LogP contribution in [0.5, 0.6) is 0 Å². The molecular formula is C16H15ClN4O. The topological polar surface area (TPSA) is 53.9 Å². The number of aryl methyl sites for hydroxylation is 2. The molecule has 0 atom stereocenters. The van der Waals surface area contributed by atoms with Crippen LogP contribution in [0.15, 0.2) is 24.4 Å². The lowest BCUT2D eigenvalue weighted by Crippen LogP contribution is -2.26. The molecule has 0 aliphatic carbocycles. The molecule has 0 saturated heterocycles. The monoisotopic (exact) mass is 314 g/mol. The summed E-state index contributed by atoms with van der Waals surface area (Å²) in [5.41, 5.74) is 4.82. The van der Waals surface area contributed by atoms with Gasteiger partial charge >= 0.3 is 0 Å². The van der Waals surface area contributed by atoms with Crippen molar-refractivity contribution >= 4 is 28.4 Å². The van der Waals surface area contributed by atoms with Crippen molar-refractivity contribution < 1.29 is 4.79 Å². The average molecular weight is 315 g/mol. The molecule has 0 fully saturated rings. The zero-order chi connectivity index (χ0) is 15.4. The molecule has 22 heavy (non-hydrogen) atoms. The molecule has 1 aliphatic heterocycles. The molecule has 0 radical (unpaired) electrons. The van der Waals surface area contributed by atoms with Gasteiger partial charge in [-0.05, 0) is 30.7 Å². The third kappa shape index (κ3) is 1.93. The molecule has 0 unspecified atom stereocenters. The van der Waals surface area contributed by atoms with Crippen molar-refractivity contribution in [2.45, 2.75) is 20.0 Å². The zero-order valence-electron chi connectivity index (χ0n) is 12.4. The number of nitrogens with one attached hydrogen (secondary N) is 1. The molecule has 1 amide bonds. The number of nitrogens with zero attached hydrogens (tertiary/aromatic N) is 3. The Kier molecular flexibility index (Phi) is 2.81. The normalized spacial score (nSPS) is 13.9. The van der Waals surface area contributed by atoms with Gasteiger partial charge in [-0.25, -0.2) is 0 Å². The third-order valence-electron chi connectivity index (χ3n) is 4.26. The second kappa shape index (κ2) is 4.61. The van der Waals surface area contributed by atoms with Crippen LogP contribution in [0.2, 0.25) is 5.02 Å². The first-order chi connectivity index (χ1) is 10.5. The molecule has 5 nitrogen and oxygen atoms in total. The van der Waals surface area contributed by atoms with Gasteiger partial charge in [0.2, 0.25) is 0 Å². The minimum absolute atomic E-state index is 0.00271. The minimum atomic E-state index is 0.00271. The van der Waals surface area contributed by atoms with Crippen LogP contribution < -0.4 is 0 Å². The van der Waals surface area contributed by atoms with Crippen molar-refractivity contribution in [3.05, 3.63) is 51.9 Å². The maximum Gasteiger partial charge on any atom is 0.270 e. The number of aromatic amines is 1. The van der Waals surface area contributed by atoms with Gasteiger partial charge in [0.15, 0.2) is 0 Å². The third-order valence-corrected chi connectivity index (χ3v) is 4.48. The molecule has 2 aromatic heterocycles. The Bertz CT molecular complexity index is 908. The number of fused-ring (bicyclic) bond motifs is 2. The molecular weight excluding hydrogens is 300 g/mol. The van der Waals surface area contributed by atoms with Gasteiger partial charge in [0, 0.05) is 35.1 Å². The SMILES string of the molecule is Cc1cc(Cl)cc2cc(C(=O)N3Cc4cnn(C)c4C3)[nH]c12. The van der Waals surface area contributed by atoms with E-state index >= 15 is 0 Å². The summed E-state index contributed by atoms with van der Waals surface area (Å²) in [5.74, 6) is 0.00271. The fourth-order valence-electron chi connectivity index (χ4n) is 3.10. The molecule has 4 rings (SSSR count). The fraction of sp³-hybridized carbons (Fsp3) is 0.250. The lowest BCUT2D eigenvalue weighted by Gasteiger charge is -2.14. The van der Waals surface area contributed by atoms with E-state index in [-0.39, 0.29) is 5.91 Å². The molecule has 1 aliphatic rings. The molecule has 3 heterocycles. The molecule has 1 N–H and O–H groups in total. The zero-order valence-corrected chi connectivity index (χ0v) is 13.1.